The number of hydrogen-bond donors (Lipinski definition) is 3. The van der Waals surface area contributed by atoms with E-state index in [1.54, 1.807) is 6.07 Å². The third kappa shape index (κ3) is 3.70. The Bertz CT molecular complexity index is 482. The van der Waals surface area contributed by atoms with Crippen molar-refractivity contribution >= 4 is 11.8 Å². The van der Waals surface area contributed by atoms with Gasteiger partial charge in [-0.25, -0.2) is 9.78 Å². The number of hydrogen-bond acceptors (Lipinski definition) is 4. The van der Waals surface area contributed by atoms with Crippen molar-refractivity contribution in [3.8, 4) is 0 Å². The SMILES string of the molecule is CCc1cc(C(=O)O)cc(NCC2(O)CCCCC2)n1. The van der Waals surface area contributed by atoms with Crippen molar-refractivity contribution < 1.29 is 15.0 Å². The Labute approximate surface area is 119 Å². The smallest absolute Gasteiger partial charge is 0.335 e. The number of pyridine rings is 1. The van der Waals surface area contributed by atoms with Crippen LogP contribution >= 0.6 is 0 Å². The lowest BCUT2D eigenvalue weighted by atomic mass is 9.85. The van der Waals surface area contributed by atoms with Crippen LogP contribution in [0.15, 0.2) is 12.1 Å². The second-order valence-electron chi connectivity index (χ2n) is 5.53. The number of carboxylic acids is 1. The zero-order chi connectivity index (χ0) is 14.6. The summed E-state index contributed by atoms with van der Waals surface area (Å²) in [7, 11) is 0. The zero-order valence-electron chi connectivity index (χ0n) is 11.9. The lowest BCUT2D eigenvalue weighted by Gasteiger charge is -2.32. The third-order valence-corrected chi connectivity index (χ3v) is 3.87. The molecule has 0 bridgehead atoms. The molecular formula is C15H22N2O3. The van der Waals surface area contributed by atoms with Crippen LogP contribution in [0.4, 0.5) is 5.82 Å². The van der Waals surface area contributed by atoms with Crippen LogP contribution in [0.5, 0.6) is 0 Å². The molecule has 5 nitrogen and oxygen atoms in total. The number of aliphatic hydroxyl groups is 1. The second kappa shape index (κ2) is 6.22. The molecule has 0 spiro atoms. The molecule has 20 heavy (non-hydrogen) atoms. The van der Waals surface area contributed by atoms with Gasteiger partial charge in [-0.05, 0) is 31.4 Å². The topological polar surface area (TPSA) is 82.5 Å². The first kappa shape index (κ1) is 14.8. The summed E-state index contributed by atoms with van der Waals surface area (Å²) in [5.41, 5.74) is 0.281. The van der Waals surface area contributed by atoms with Crippen molar-refractivity contribution in [2.45, 2.75) is 51.0 Å². The molecule has 0 atom stereocenters. The Morgan fingerprint density at radius 2 is 2.05 bits per heavy atom. The number of nitrogens with one attached hydrogen (secondary N) is 1. The number of aromatic nitrogens is 1. The molecular weight excluding hydrogens is 256 g/mol. The zero-order valence-corrected chi connectivity index (χ0v) is 11.9. The van der Waals surface area contributed by atoms with Gasteiger partial charge in [-0.1, -0.05) is 26.2 Å². The lowest BCUT2D eigenvalue weighted by Crippen LogP contribution is -2.39. The standard InChI is InChI=1S/C15H22N2O3/c1-2-12-8-11(14(18)19)9-13(17-12)16-10-15(20)6-4-3-5-7-15/h8-9,20H,2-7,10H2,1H3,(H,16,17)(H,18,19). The van der Waals surface area contributed by atoms with Gasteiger partial charge in [0.15, 0.2) is 0 Å². The van der Waals surface area contributed by atoms with Crippen LogP contribution in [0.25, 0.3) is 0 Å². The summed E-state index contributed by atoms with van der Waals surface area (Å²) in [6.45, 7) is 2.36. The number of carbonyl (C=O) groups is 1. The minimum Gasteiger partial charge on any atom is -0.478 e. The van der Waals surface area contributed by atoms with Crippen LogP contribution < -0.4 is 5.32 Å². The first-order valence-corrected chi connectivity index (χ1v) is 7.23. The summed E-state index contributed by atoms with van der Waals surface area (Å²) in [5, 5.41) is 22.6. The van der Waals surface area contributed by atoms with Crippen molar-refractivity contribution in [1.29, 1.82) is 0 Å². The average Bonchev–Trinajstić information content (AvgIpc) is 2.45. The van der Waals surface area contributed by atoms with Crippen molar-refractivity contribution in [3.05, 3.63) is 23.4 Å². The van der Waals surface area contributed by atoms with E-state index in [0.29, 0.717) is 18.8 Å². The number of carboxylic acid groups (broad SMARTS) is 1. The molecule has 1 aromatic rings. The monoisotopic (exact) mass is 278 g/mol. The van der Waals surface area contributed by atoms with Crippen molar-refractivity contribution in [2.75, 3.05) is 11.9 Å². The highest BCUT2D eigenvalue weighted by Crippen LogP contribution is 2.28. The predicted octanol–water partition coefficient (Wildman–Crippen LogP) is 2.45. The molecule has 0 saturated heterocycles. The fourth-order valence-corrected chi connectivity index (χ4v) is 2.62. The van der Waals surface area contributed by atoms with E-state index in [0.717, 1.165) is 31.4 Å². The normalized spacial score (nSPS) is 17.7. The van der Waals surface area contributed by atoms with Gasteiger partial charge in [0.1, 0.15) is 5.82 Å². The van der Waals surface area contributed by atoms with Crippen LogP contribution in [0.2, 0.25) is 0 Å². The maximum Gasteiger partial charge on any atom is 0.335 e. The third-order valence-electron chi connectivity index (χ3n) is 3.87. The van der Waals surface area contributed by atoms with Gasteiger partial charge in [0, 0.05) is 12.2 Å². The second-order valence-corrected chi connectivity index (χ2v) is 5.53. The van der Waals surface area contributed by atoms with Gasteiger partial charge in [-0.3, -0.25) is 0 Å². The van der Waals surface area contributed by atoms with E-state index in [9.17, 15) is 9.90 Å². The molecule has 2 rings (SSSR count). The highest BCUT2D eigenvalue weighted by Gasteiger charge is 2.28. The van der Waals surface area contributed by atoms with Gasteiger partial charge in [0.25, 0.3) is 0 Å². The molecule has 0 radical (unpaired) electrons. The fraction of sp³-hybridized carbons (Fsp3) is 0.600. The molecule has 0 aliphatic heterocycles. The Balaban J connectivity index is 2.08. The largest absolute Gasteiger partial charge is 0.478 e. The van der Waals surface area contributed by atoms with Crippen molar-refractivity contribution in [2.24, 2.45) is 0 Å². The Morgan fingerprint density at radius 3 is 2.65 bits per heavy atom. The molecule has 0 aromatic carbocycles. The molecule has 1 aliphatic rings. The summed E-state index contributed by atoms with van der Waals surface area (Å²) >= 11 is 0. The highest BCUT2D eigenvalue weighted by atomic mass is 16.4. The first-order valence-electron chi connectivity index (χ1n) is 7.23. The van der Waals surface area contributed by atoms with Gasteiger partial charge in [-0.15, -0.1) is 0 Å². The predicted molar refractivity (Wildman–Crippen MR) is 77.1 cm³/mol. The maximum atomic E-state index is 11.1. The van der Waals surface area contributed by atoms with Crippen molar-refractivity contribution in [3.63, 3.8) is 0 Å². The molecule has 3 N–H and O–H groups in total. The Kier molecular flexibility index (Phi) is 4.60. The van der Waals surface area contributed by atoms with Gasteiger partial charge < -0.3 is 15.5 Å². The van der Waals surface area contributed by atoms with E-state index in [4.69, 9.17) is 5.11 Å². The lowest BCUT2D eigenvalue weighted by molar-refractivity contribution is 0.0166. The van der Waals surface area contributed by atoms with Crippen LogP contribution in [0, 0.1) is 0 Å². The number of aromatic carboxylic acids is 1. The Morgan fingerprint density at radius 1 is 1.35 bits per heavy atom. The van der Waals surface area contributed by atoms with Crippen LogP contribution in [-0.2, 0) is 6.42 Å². The van der Waals surface area contributed by atoms with Gasteiger partial charge >= 0.3 is 5.97 Å². The molecule has 0 unspecified atom stereocenters. The molecule has 0 amide bonds. The van der Waals surface area contributed by atoms with Crippen LogP contribution in [-0.4, -0.2) is 33.3 Å². The van der Waals surface area contributed by atoms with Crippen molar-refractivity contribution in [1.82, 2.24) is 4.98 Å². The number of nitrogens with zero attached hydrogens (tertiary/aromatic N) is 1. The summed E-state index contributed by atoms with van der Waals surface area (Å²) in [6.07, 6.45) is 5.52. The summed E-state index contributed by atoms with van der Waals surface area (Å²) < 4.78 is 0. The highest BCUT2D eigenvalue weighted by molar-refractivity contribution is 5.88. The summed E-state index contributed by atoms with van der Waals surface area (Å²) in [6, 6.07) is 3.11. The molecule has 1 heterocycles. The van der Waals surface area contributed by atoms with E-state index < -0.39 is 11.6 Å². The van der Waals surface area contributed by atoms with E-state index in [2.05, 4.69) is 10.3 Å². The maximum absolute atomic E-state index is 11.1. The van der Waals surface area contributed by atoms with Gasteiger partial charge in [0.05, 0.1) is 11.2 Å². The van der Waals surface area contributed by atoms with E-state index in [1.165, 1.54) is 12.5 Å². The van der Waals surface area contributed by atoms with Gasteiger partial charge in [0.2, 0.25) is 0 Å². The molecule has 1 aromatic heterocycles. The first-order chi connectivity index (χ1) is 9.52. The summed E-state index contributed by atoms with van der Waals surface area (Å²) in [4.78, 5) is 15.4. The number of anilines is 1. The fourth-order valence-electron chi connectivity index (χ4n) is 2.62. The molecule has 1 aliphatic carbocycles. The van der Waals surface area contributed by atoms with Crippen LogP contribution in [0.1, 0.15) is 55.1 Å². The molecule has 5 heteroatoms. The van der Waals surface area contributed by atoms with E-state index in [1.807, 2.05) is 6.92 Å². The molecule has 1 fully saturated rings. The average molecular weight is 278 g/mol. The summed E-state index contributed by atoms with van der Waals surface area (Å²) in [5.74, 6) is -0.428. The van der Waals surface area contributed by atoms with Crippen LogP contribution in [0.3, 0.4) is 0 Å². The van der Waals surface area contributed by atoms with E-state index >= 15 is 0 Å². The quantitative estimate of drug-likeness (QED) is 0.770. The Hall–Kier alpha value is -1.62. The molecule has 1 saturated carbocycles. The minimum absolute atomic E-state index is 0.231. The molecule has 110 valence electrons. The van der Waals surface area contributed by atoms with E-state index in [-0.39, 0.29) is 5.56 Å². The number of aryl methyl sites for hydroxylation is 1. The minimum atomic E-state index is -0.957. The number of rotatable bonds is 5. The van der Waals surface area contributed by atoms with Gasteiger partial charge in [-0.2, -0.15) is 0 Å².